The van der Waals surface area contributed by atoms with E-state index in [1.807, 2.05) is 25.1 Å². The first kappa shape index (κ1) is 9.53. The van der Waals surface area contributed by atoms with Crippen LogP contribution in [0.1, 0.15) is 12.8 Å². The van der Waals surface area contributed by atoms with Gasteiger partial charge in [-0.05, 0) is 25.1 Å². The molecule has 4 heteroatoms. The number of nitrogens with one attached hydrogen (secondary N) is 1. The third-order valence-electron chi connectivity index (χ3n) is 2.07. The molecule has 1 atom stereocenters. The molecule has 0 spiro atoms. The Hall–Kier alpha value is -2.02. The normalized spacial score (nSPS) is 12.3. The first-order valence-corrected chi connectivity index (χ1v) is 4.72. The molecule has 0 aliphatic rings. The average Bonchev–Trinajstić information content (AvgIpc) is 2.57. The van der Waals surface area contributed by atoms with Gasteiger partial charge in [0.2, 0.25) is 0 Å². The third kappa shape index (κ3) is 1.91. The lowest BCUT2D eigenvalue weighted by Gasteiger charge is -2.06. The quantitative estimate of drug-likeness (QED) is 0.810. The van der Waals surface area contributed by atoms with E-state index in [1.54, 1.807) is 6.92 Å². The van der Waals surface area contributed by atoms with Gasteiger partial charge < -0.3 is 9.73 Å². The fraction of sp³-hybridized carbons (Fsp3) is 0.273. The van der Waals surface area contributed by atoms with Crippen molar-refractivity contribution in [2.45, 2.75) is 19.9 Å². The molecule has 0 aliphatic carbocycles. The zero-order valence-electron chi connectivity index (χ0n) is 8.61. The predicted octanol–water partition coefficient (Wildman–Crippen LogP) is 2.46. The van der Waals surface area contributed by atoms with Crippen LogP contribution in [0.2, 0.25) is 0 Å². The number of aryl methyl sites for hydroxylation is 1. The van der Waals surface area contributed by atoms with Gasteiger partial charge in [-0.15, -0.1) is 0 Å². The maximum absolute atomic E-state index is 8.67. The fourth-order valence-corrected chi connectivity index (χ4v) is 1.41. The molecular formula is C11H11N3O. The molecule has 4 nitrogen and oxygen atoms in total. The molecule has 1 N–H and O–H groups in total. The van der Waals surface area contributed by atoms with Crippen LogP contribution in [0.5, 0.6) is 0 Å². The van der Waals surface area contributed by atoms with E-state index in [-0.39, 0.29) is 6.04 Å². The summed E-state index contributed by atoms with van der Waals surface area (Å²) in [4.78, 5) is 4.22. The van der Waals surface area contributed by atoms with E-state index in [4.69, 9.17) is 9.68 Å². The van der Waals surface area contributed by atoms with Gasteiger partial charge in [-0.1, -0.05) is 0 Å². The van der Waals surface area contributed by atoms with Crippen LogP contribution in [0, 0.1) is 18.3 Å². The monoisotopic (exact) mass is 201 g/mol. The summed E-state index contributed by atoms with van der Waals surface area (Å²) in [5.41, 5.74) is 2.45. The van der Waals surface area contributed by atoms with Gasteiger partial charge in [-0.3, -0.25) is 0 Å². The number of fused-ring (bicyclic) bond motifs is 1. The predicted molar refractivity (Wildman–Crippen MR) is 57.4 cm³/mol. The van der Waals surface area contributed by atoms with Gasteiger partial charge >= 0.3 is 0 Å². The number of benzene rings is 1. The topological polar surface area (TPSA) is 61.9 Å². The second-order valence-electron chi connectivity index (χ2n) is 3.41. The standard InChI is InChI=1S/C11H11N3O/c1-7(6-12)13-9-3-4-11-10(5-9)14-8(2)15-11/h3-5,7,13H,1-2H3. The summed E-state index contributed by atoms with van der Waals surface area (Å²) in [6.07, 6.45) is 0. The van der Waals surface area contributed by atoms with Crippen LogP contribution < -0.4 is 5.32 Å². The Bertz CT molecular complexity index is 524. The van der Waals surface area contributed by atoms with E-state index >= 15 is 0 Å². The fourth-order valence-electron chi connectivity index (χ4n) is 1.41. The lowest BCUT2D eigenvalue weighted by atomic mass is 10.2. The Labute approximate surface area is 87.5 Å². The zero-order chi connectivity index (χ0) is 10.8. The SMILES string of the molecule is Cc1nc2cc(NC(C)C#N)ccc2o1. The molecule has 0 radical (unpaired) electrons. The van der Waals surface area contributed by atoms with Gasteiger partial charge in [-0.2, -0.15) is 5.26 Å². The van der Waals surface area contributed by atoms with Gasteiger partial charge in [0, 0.05) is 12.6 Å². The largest absolute Gasteiger partial charge is 0.441 e. The summed E-state index contributed by atoms with van der Waals surface area (Å²) < 4.78 is 5.35. The minimum Gasteiger partial charge on any atom is -0.441 e. The number of rotatable bonds is 2. The van der Waals surface area contributed by atoms with Crippen molar-refractivity contribution in [2.75, 3.05) is 5.32 Å². The number of aromatic nitrogens is 1. The molecule has 0 saturated heterocycles. The smallest absolute Gasteiger partial charge is 0.192 e. The molecule has 1 heterocycles. The van der Waals surface area contributed by atoms with Crippen LogP contribution in [-0.2, 0) is 0 Å². The van der Waals surface area contributed by atoms with Crippen LogP contribution in [-0.4, -0.2) is 11.0 Å². The molecule has 0 amide bonds. The summed E-state index contributed by atoms with van der Waals surface area (Å²) in [5, 5.41) is 11.7. The minimum atomic E-state index is -0.213. The highest BCUT2D eigenvalue weighted by Gasteiger charge is 2.04. The second-order valence-corrected chi connectivity index (χ2v) is 3.41. The van der Waals surface area contributed by atoms with Crippen LogP contribution >= 0.6 is 0 Å². The van der Waals surface area contributed by atoms with Crippen molar-refractivity contribution >= 4 is 16.8 Å². The maximum atomic E-state index is 8.67. The van der Waals surface area contributed by atoms with Crippen LogP contribution in [0.3, 0.4) is 0 Å². The molecule has 0 aliphatic heterocycles. The molecule has 0 fully saturated rings. The van der Waals surface area contributed by atoms with Crippen molar-refractivity contribution in [3.05, 3.63) is 24.1 Å². The molecule has 1 aromatic carbocycles. The highest BCUT2D eigenvalue weighted by Crippen LogP contribution is 2.19. The van der Waals surface area contributed by atoms with E-state index in [0.717, 1.165) is 16.8 Å². The van der Waals surface area contributed by atoms with E-state index in [1.165, 1.54) is 0 Å². The summed E-state index contributed by atoms with van der Waals surface area (Å²) >= 11 is 0. The van der Waals surface area contributed by atoms with E-state index in [2.05, 4.69) is 16.4 Å². The number of nitriles is 1. The summed E-state index contributed by atoms with van der Waals surface area (Å²) in [7, 11) is 0. The van der Waals surface area contributed by atoms with Crippen molar-refractivity contribution in [3.8, 4) is 6.07 Å². The molecule has 1 aromatic heterocycles. The Balaban J connectivity index is 2.35. The first-order valence-electron chi connectivity index (χ1n) is 4.72. The van der Waals surface area contributed by atoms with Crippen molar-refractivity contribution in [3.63, 3.8) is 0 Å². The van der Waals surface area contributed by atoms with Crippen LogP contribution in [0.25, 0.3) is 11.1 Å². The van der Waals surface area contributed by atoms with Crippen LogP contribution in [0.15, 0.2) is 22.6 Å². The van der Waals surface area contributed by atoms with Gasteiger partial charge in [0.15, 0.2) is 11.5 Å². The Morgan fingerprint density at radius 1 is 1.53 bits per heavy atom. The summed E-state index contributed by atoms with van der Waals surface area (Å²) in [5.74, 6) is 0.649. The van der Waals surface area contributed by atoms with Crippen molar-refractivity contribution in [2.24, 2.45) is 0 Å². The summed E-state index contributed by atoms with van der Waals surface area (Å²) in [6, 6.07) is 7.50. The number of hydrogen-bond donors (Lipinski definition) is 1. The van der Waals surface area contributed by atoms with Gasteiger partial charge in [0.1, 0.15) is 11.6 Å². The third-order valence-corrected chi connectivity index (χ3v) is 2.07. The maximum Gasteiger partial charge on any atom is 0.192 e. The molecule has 2 rings (SSSR count). The van der Waals surface area contributed by atoms with Crippen LogP contribution in [0.4, 0.5) is 5.69 Å². The minimum absolute atomic E-state index is 0.213. The molecule has 2 aromatic rings. The van der Waals surface area contributed by atoms with E-state index in [0.29, 0.717) is 5.89 Å². The molecule has 1 unspecified atom stereocenters. The van der Waals surface area contributed by atoms with Crippen molar-refractivity contribution in [1.29, 1.82) is 5.26 Å². The van der Waals surface area contributed by atoms with Gasteiger partial charge in [0.25, 0.3) is 0 Å². The zero-order valence-corrected chi connectivity index (χ0v) is 8.61. The van der Waals surface area contributed by atoms with E-state index in [9.17, 15) is 0 Å². The Kier molecular flexibility index (Phi) is 2.30. The Morgan fingerprint density at radius 3 is 3.07 bits per heavy atom. The van der Waals surface area contributed by atoms with E-state index < -0.39 is 0 Å². The number of oxazole rings is 1. The van der Waals surface area contributed by atoms with Gasteiger partial charge in [-0.25, -0.2) is 4.98 Å². The van der Waals surface area contributed by atoms with Gasteiger partial charge in [0.05, 0.1) is 6.07 Å². The second kappa shape index (κ2) is 3.62. The Morgan fingerprint density at radius 2 is 2.33 bits per heavy atom. The number of hydrogen-bond acceptors (Lipinski definition) is 4. The lowest BCUT2D eigenvalue weighted by Crippen LogP contribution is -2.11. The molecule has 76 valence electrons. The van der Waals surface area contributed by atoms with Crippen molar-refractivity contribution < 1.29 is 4.42 Å². The molecular weight excluding hydrogens is 190 g/mol. The average molecular weight is 201 g/mol. The van der Waals surface area contributed by atoms with Crippen molar-refractivity contribution in [1.82, 2.24) is 4.98 Å². The highest BCUT2D eigenvalue weighted by atomic mass is 16.3. The number of anilines is 1. The molecule has 15 heavy (non-hydrogen) atoms. The molecule has 0 bridgehead atoms. The highest BCUT2D eigenvalue weighted by molar-refractivity contribution is 5.77. The summed E-state index contributed by atoms with van der Waals surface area (Å²) in [6.45, 7) is 3.61. The number of nitrogens with zero attached hydrogens (tertiary/aromatic N) is 2. The lowest BCUT2D eigenvalue weighted by molar-refractivity contribution is 0.561. The molecule has 0 saturated carbocycles. The first-order chi connectivity index (χ1) is 7.19.